The fourth-order valence-electron chi connectivity index (χ4n) is 1.07. The zero-order valence-corrected chi connectivity index (χ0v) is 8.99. The monoisotopic (exact) mass is 198 g/mol. The van der Waals surface area contributed by atoms with Gasteiger partial charge in [0.1, 0.15) is 5.76 Å². The highest BCUT2D eigenvalue weighted by molar-refractivity contribution is 4.99. The number of hydrogen-bond donors (Lipinski definition) is 1. The summed E-state index contributed by atoms with van der Waals surface area (Å²) in [4.78, 5) is 0. The Morgan fingerprint density at radius 2 is 2.21 bits per heavy atom. The molecule has 1 aromatic heterocycles. The number of ether oxygens (including phenoxy) is 1. The Morgan fingerprint density at radius 3 is 2.71 bits per heavy atom. The van der Waals surface area contributed by atoms with E-state index in [9.17, 15) is 5.11 Å². The molecule has 0 amide bonds. The molecule has 0 saturated heterocycles. The first-order valence-electron chi connectivity index (χ1n) is 4.82. The summed E-state index contributed by atoms with van der Waals surface area (Å²) in [5.41, 5.74) is -0.204. The molecule has 0 aliphatic rings. The second-order valence-corrected chi connectivity index (χ2v) is 4.36. The highest BCUT2D eigenvalue weighted by atomic mass is 16.5. The van der Waals surface area contributed by atoms with E-state index in [0.29, 0.717) is 13.0 Å². The molecule has 1 N–H and O–H groups in total. The first kappa shape index (κ1) is 11.3. The fraction of sp³-hybridized carbons (Fsp3) is 0.636. The predicted molar refractivity (Wildman–Crippen MR) is 54.1 cm³/mol. The van der Waals surface area contributed by atoms with Crippen molar-refractivity contribution in [2.24, 2.45) is 0 Å². The molecule has 1 rings (SSSR count). The molecule has 0 radical (unpaired) electrons. The Labute approximate surface area is 84.7 Å². The lowest BCUT2D eigenvalue weighted by molar-refractivity contribution is -0.0492. The third kappa shape index (κ3) is 4.44. The summed E-state index contributed by atoms with van der Waals surface area (Å²) >= 11 is 0. The number of hydrogen-bond acceptors (Lipinski definition) is 3. The SMILES string of the molecule is CC(C)(C)OCC(O)Cc1ccco1. The molecular weight excluding hydrogens is 180 g/mol. The molecule has 3 heteroatoms. The topological polar surface area (TPSA) is 42.6 Å². The van der Waals surface area contributed by atoms with Crippen molar-refractivity contribution in [3.05, 3.63) is 24.2 Å². The van der Waals surface area contributed by atoms with Crippen molar-refractivity contribution in [3.63, 3.8) is 0 Å². The lowest BCUT2D eigenvalue weighted by Gasteiger charge is -2.21. The number of furan rings is 1. The normalized spacial score (nSPS) is 14.3. The maximum Gasteiger partial charge on any atom is 0.106 e. The zero-order chi connectivity index (χ0) is 10.6. The van der Waals surface area contributed by atoms with Crippen LogP contribution in [0.3, 0.4) is 0 Å². The predicted octanol–water partition coefficient (Wildman–Crippen LogP) is 2.00. The van der Waals surface area contributed by atoms with Gasteiger partial charge in [0.15, 0.2) is 0 Å². The van der Waals surface area contributed by atoms with Gasteiger partial charge < -0.3 is 14.3 Å². The Hall–Kier alpha value is -0.800. The highest BCUT2D eigenvalue weighted by Gasteiger charge is 2.14. The molecule has 0 aromatic carbocycles. The van der Waals surface area contributed by atoms with Crippen molar-refractivity contribution >= 4 is 0 Å². The minimum absolute atomic E-state index is 0.204. The average molecular weight is 198 g/mol. The van der Waals surface area contributed by atoms with Crippen LogP contribution in [0.1, 0.15) is 26.5 Å². The summed E-state index contributed by atoms with van der Waals surface area (Å²) in [7, 11) is 0. The zero-order valence-electron chi connectivity index (χ0n) is 8.99. The quantitative estimate of drug-likeness (QED) is 0.804. The van der Waals surface area contributed by atoms with Crippen molar-refractivity contribution in [2.45, 2.75) is 38.9 Å². The van der Waals surface area contributed by atoms with Crippen LogP contribution in [0.4, 0.5) is 0 Å². The molecule has 14 heavy (non-hydrogen) atoms. The van der Waals surface area contributed by atoms with Crippen LogP contribution in [0.5, 0.6) is 0 Å². The van der Waals surface area contributed by atoms with Crippen LogP contribution in [0.25, 0.3) is 0 Å². The van der Waals surface area contributed by atoms with Gasteiger partial charge in [0.05, 0.1) is 24.6 Å². The third-order valence-electron chi connectivity index (χ3n) is 1.73. The van der Waals surface area contributed by atoms with E-state index in [1.807, 2.05) is 32.9 Å². The molecule has 0 fully saturated rings. The lowest BCUT2D eigenvalue weighted by atomic mass is 10.2. The Bertz CT molecular complexity index is 246. The maximum absolute atomic E-state index is 9.60. The molecule has 0 saturated carbocycles. The van der Waals surface area contributed by atoms with Crippen LogP contribution in [-0.2, 0) is 11.2 Å². The van der Waals surface area contributed by atoms with Gasteiger partial charge in [0, 0.05) is 6.42 Å². The van der Waals surface area contributed by atoms with E-state index >= 15 is 0 Å². The second kappa shape index (κ2) is 4.62. The van der Waals surface area contributed by atoms with Crippen LogP contribution in [-0.4, -0.2) is 23.4 Å². The summed E-state index contributed by atoms with van der Waals surface area (Å²) in [6.07, 6.45) is 1.61. The molecule has 0 spiro atoms. The van der Waals surface area contributed by atoms with E-state index in [2.05, 4.69) is 0 Å². The number of rotatable bonds is 4. The minimum Gasteiger partial charge on any atom is -0.469 e. The molecule has 1 aromatic rings. The molecule has 0 aliphatic carbocycles. The van der Waals surface area contributed by atoms with Crippen LogP contribution in [0.2, 0.25) is 0 Å². The second-order valence-electron chi connectivity index (χ2n) is 4.36. The molecular formula is C11H18O3. The van der Waals surface area contributed by atoms with Gasteiger partial charge in [-0.3, -0.25) is 0 Å². The van der Waals surface area contributed by atoms with E-state index in [4.69, 9.17) is 9.15 Å². The largest absolute Gasteiger partial charge is 0.469 e. The summed E-state index contributed by atoms with van der Waals surface area (Å²) in [5.74, 6) is 0.787. The third-order valence-corrected chi connectivity index (χ3v) is 1.73. The van der Waals surface area contributed by atoms with Crippen molar-refractivity contribution in [1.29, 1.82) is 0 Å². The summed E-state index contributed by atoms with van der Waals surface area (Å²) in [5, 5.41) is 9.60. The molecule has 80 valence electrons. The minimum atomic E-state index is -0.500. The van der Waals surface area contributed by atoms with E-state index < -0.39 is 6.10 Å². The molecule has 3 nitrogen and oxygen atoms in total. The van der Waals surface area contributed by atoms with Gasteiger partial charge in [-0.25, -0.2) is 0 Å². The first-order valence-corrected chi connectivity index (χ1v) is 4.82. The summed E-state index contributed by atoms with van der Waals surface area (Å²) < 4.78 is 10.6. The van der Waals surface area contributed by atoms with Crippen molar-refractivity contribution in [1.82, 2.24) is 0 Å². The lowest BCUT2D eigenvalue weighted by Crippen LogP contribution is -2.27. The molecule has 1 unspecified atom stereocenters. The number of aliphatic hydroxyl groups is 1. The van der Waals surface area contributed by atoms with Gasteiger partial charge in [-0.1, -0.05) is 0 Å². The van der Waals surface area contributed by atoms with Gasteiger partial charge in [0.2, 0.25) is 0 Å². The van der Waals surface area contributed by atoms with Crippen molar-refractivity contribution < 1.29 is 14.3 Å². The van der Waals surface area contributed by atoms with E-state index in [-0.39, 0.29) is 5.60 Å². The van der Waals surface area contributed by atoms with Gasteiger partial charge in [0.25, 0.3) is 0 Å². The van der Waals surface area contributed by atoms with Crippen molar-refractivity contribution in [2.75, 3.05) is 6.61 Å². The average Bonchev–Trinajstić information content (AvgIpc) is 2.52. The Morgan fingerprint density at radius 1 is 1.50 bits per heavy atom. The summed E-state index contributed by atoms with van der Waals surface area (Å²) in [6, 6.07) is 3.66. The van der Waals surface area contributed by atoms with Gasteiger partial charge in [-0.05, 0) is 32.9 Å². The summed E-state index contributed by atoms with van der Waals surface area (Å²) in [6.45, 7) is 6.23. The van der Waals surface area contributed by atoms with Crippen LogP contribution >= 0.6 is 0 Å². The van der Waals surface area contributed by atoms with E-state index in [0.717, 1.165) is 5.76 Å². The van der Waals surface area contributed by atoms with Crippen LogP contribution < -0.4 is 0 Å². The Kier molecular flexibility index (Phi) is 3.72. The van der Waals surface area contributed by atoms with E-state index in [1.54, 1.807) is 6.26 Å². The Balaban J connectivity index is 2.26. The van der Waals surface area contributed by atoms with Gasteiger partial charge in [-0.2, -0.15) is 0 Å². The molecule has 1 atom stereocenters. The van der Waals surface area contributed by atoms with Crippen molar-refractivity contribution in [3.8, 4) is 0 Å². The van der Waals surface area contributed by atoms with Crippen LogP contribution in [0, 0.1) is 0 Å². The molecule has 1 heterocycles. The highest BCUT2D eigenvalue weighted by Crippen LogP contribution is 2.09. The number of aliphatic hydroxyl groups excluding tert-OH is 1. The van der Waals surface area contributed by atoms with Crippen LogP contribution in [0.15, 0.2) is 22.8 Å². The standard InChI is InChI=1S/C11H18O3/c1-11(2,3)14-8-9(12)7-10-5-4-6-13-10/h4-6,9,12H,7-8H2,1-3H3. The smallest absolute Gasteiger partial charge is 0.106 e. The fourth-order valence-corrected chi connectivity index (χ4v) is 1.07. The van der Waals surface area contributed by atoms with Gasteiger partial charge >= 0.3 is 0 Å². The van der Waals surface area contributed by atoms with E-state index in [1.165, 1.54) is 0 Å². The van der Waals surface area contributed by atoms with Gasteiger partial charge in [-0.15, -0.1) is 0 Å². The maximum atomic E-state index is 9.60. The molecule has 0 aliphatic heterocycles. The molecule has 0 bridgehead atoms. The first-order chi connectivity index (χ1) is 6.47.